The Kier molecular flexibility index (Phi) is 5.37. The molecule has 0 aliphatic carbocycles. The lowest BCUT2D eigenvalue weighted by molar-refractivity contribution is -0.107. The first-order valence-corrected chi connectivity index (χ1v) is 7.12. The molecule has 0 radical (unpaired) electrons. The minimum absolute atomic E-state index is 0.475. The molecule has 0 spiro atoms. The zero-order chi connectivity index (χ0) is 13.9. The first-order valence-electron chi connectivity index (χ1n) is 6.33. The fourth-order valence-corrected chi connectivity index (χ4v) is 2.91. The molecule has 0 bridgehead atoms. The number of methoxy groups -OCH3 is 1. The normalized spacial score (nSPS) is 13.9. The second kappa shape index (κ2) is 6.17. The van der Waals surface area contributed by atoms with Gasteiger partial charge in [0.2, 0.25) is 0 Å². The molecule has 1 rings (SSSR count). The number of aryl methyl sites for hydroxylation is 2. The number of hydrogen-bond donors (Lipinski definition) is 1. The van der Waals surface area contributed by atoms with Crippen molar-refractivity contribution in [2.75, 3.05) is 7.11 Å². The predicted molar refractivity (Wildman–Crippen MR) is 75.7 cm³/mol. The van der Waals surface area contributed by atoms with E-state index in [0.717, 1.165) is 28.7 Å². The summed E-state index contributed by atoms with van der Waals surface area (Å²) in [5, 5.41) is 14.8. The average Bonchev–Trinajstić information content (AvgIpc) is 2.59. The third-order valence-electron chi connectivity index (χ3n) is 3.86. The van der Waals surface area contributed by atoms with Gasteiger partial charge in [0, 0.05) is 20.6 Å². The maximum Gasteiger partial charge on any atom is 0.0935 e. The van der Waals surface area contributed by atoms with Gasteiger partial charge < -0.3 is 9.84 Å². The van der Waals surface area contributed by atoms with Gasteiger partial charge >= 0.3 is 0 Å². The van der Waals surface area contributed by atoms with Crippen LogP contribution >= 0.6 is 15.9 Å². The zero-order valence-corrected chi connectivity index (χ0v) is 13.4. The quantitative estimate of drug-likeness (QED) is 0.877. The Morgan fingerprint density at radius 2 is 2.00 bits per heavy atom. The molecule has 1 N–H and O–H groups in total. The van der Waals surface area contributed by atoms with Crippen LogP contribution in [0.2, 0.25) is 0 Å². The van der Waals surface area contributed by atoms with Crippen molar-refractivity contribution in [1.82, 2.24) is 9.78 Å². The van der Waals surface area contributed by atoms with Crippen LogP contribution in [0.15, 0.2) is 4.47 Å². The van der Waals surface area contributed by atoms with Crippen LogP contribution in [0.25, 0.3) is 0 Å². The molecule has 1 atom stereocenters. The SMILES string of the molecule is CCC(CC)(OC)C(O)Cc1c(Br)c(C)nn1C. The van der Waals surface area contributed by atoms with E-state index in [-0.39, 0.29) is 0 Å². The Morgan fingerprint density at radius 1 is 1.44 bits per heavy atom. The molecule has 1 heterocycles. The van der Waals surface area contributed by atoms with Crippen molar-refractivity contribution in [2.24, 2.45) is 7.05 Å². The standard InChI is InChI=1S/C13H23BrN2O2/c1-6-13(7-2,18-5)11(17)8-10-12(14)9(3)15-16(10)4/h11,17H,6-8H2,1-5H3. The van der Waals surface area contributed by atoms with Crippen LogP contribution in [0.3, 0.4) is 0 Å². The van der Waals surface area contributed by atoms with Crippen molar-refractivity contribution >= 4 is 15.9 Å². The van der Waals surface area contributed by atoms with Crippen molar-refractivity contribution in [1.29, 1.82) is 0 Å². The fourth-order valence-electron chi connectivity index (χ4n) is 2.42. The minimum Gasteiger partial charge on any atom is -0.390 e. The fraction of sp³-hybridized carbons (Fsp3) is 0.769. The van der Waals surface area contributed by atoms with Crippen molar-refractivity contribution in [2.45, 2.75) is 51.7 Å². The van der Waals surface area contributed by atoms with Gasteiger partial charge in [0.25, 0.3) is 0 Å². The average molecular weight is 319 g/mol. The molecule has 0 aliphatic heterocycles. The molecule has 5 heteroatoms. The van der Waals surface area contributed by atoms with Crippen LogP contribution in [0.5, 0.6) is 0 Å². The second-order valence-electron chi connectivity index (χ2n) is 4.67. The molecule has 4 nitrogen and oxygen atoms in total. The Balaban J connectivity index is 2.96. The maximum atomic E-state index is 10.5. The highest BCUT2D eigenvalue weighted by molar-refractivity contribution is 9.10. The molecule has 0 aliphatic rings. The van der Waals surface area contributed by atoms with Crippen LogP contribution in [-0.2, 0) is 18.2 Å². The van der Waals surface area contributed by atoms with Crippen molar-refractivity contribution in [3.05, 3.63) is 15.9 Å². The van der Waals surface area contributed by atoms with E-state index in [1.807, 2.05) is 32.5 Å². The molecule has 0 saturated carbocycles. The molecule has 0 amide bonds. The molecule has 0 saturated heterocycles. The van der Waals surface area contributed by atoms with Gasteiger partial charge in [-0.1, -0.05) is 13.8 Å². The Morgan fingerprint density at radius 3 is 2.33 bits per heavy atom. The smallest absolute Gasteiger partial charge is 0.0935 e. The summed E-state index contributed by atoms with van der Waals surface area (Å²) in [5.74, 6) is 0. The summed E-state index contributed by atoms with van der Waals surface area (Å²) in [5.41, 5.74) is 1.47. The Labute approximate surface area is 117 Å². The zero-order valence-electron chi connectivity index (χ0n) is 11.8. The van der Waals surface area contributed by atoms with Crippen molar-refractivity contribution in [3.63, 3.8) is 0 Å². The van der Waals surface area contributed by atoms with Gasteiger partial charge in [0.1, 0.15) is 0 Å². The van der Waals surface area contributed by atoms with Crippen LogP contribution in [0.1, 0.15) is 38.1 Å². The molecule has 1 aromatic rings. The molecular formula is C13H23BrN2O2. The van der Waals surface area contributed by atoms with Crippen LogP contribution in [0.4, 0.5) is 0 Å². The number of rotatable bonds is 6. The van der Waals surface area contributed by atoms with E-state index in [2.05, 4.69) is 21.0 Å². The van der Waals surface area contributed by atoms with E-state index in [4.69, 9.17) is 4.74 Å². The topological polar surface area (TPSA) is 47.3 Å². The summed E-state index contributed by atoms with van der Waals surface area (Å²) in [7, 11) is 3.56. The van der Waals surface area contributed by atoms with E-state index in [1.54, 1.807) is 7.11 Å². The van der Waals surface area contributed by atoms with Gasteiger partial charge in [-0.2, -0.15) is 5.10 Å². The monoisotopic (exact) mass is 318 g/mol. The molecule has 0 fully saturated rings. The molecule has 18 heavy (non-hydrogen) atoms. The molecule has 104 valence electrons. The van der Waals surface area contributed by atoms with E-state index in [9.17, 15) is 5.11 Å². The number of ether oxygens (including phenoxy) is 1. The number of aliphatic hydroxyl groups is 1. The van der Waals surface area contributed by atoms with E-state index in [0.29, 0.717) is 6.42 Å². The van der Waals surface area contributed by atoms with Crippen molar-refractivity contribution in [3.8, 4) is 0 Å². The highest BCUT2D eigenvalue weighted by atomic mass is 79.9. The molecule has 1 unspecified atom stereocenters. The van der Waals surface area contributed by atoms with Gasteiger partial charge in [-0.15, -0.1) is 0 Å². The highest BCUT2D eigenvalue weighted by Gasteiger charge is 2.35. The summed E-state index contributed by atoms with van der Waals surface area (Å²) in [6.07, 6.45) is 1.57. The van der Waals surface area contributed by atoms with Gasteiger partial charge in [-0.05, 0) is 35.7 Å². The first kappa shape index (κ1) is 15.7. The number of halogens is 1. The largest absolute Gasteiger partial charge is 0.390 e. The van der Waals surface area contributed by atoms with E-state index in [1.165, 1.54) is 0 Å². The predicted octanol–water partition coefficient (Wildman–Crippen LogP) is 2.60. The van der Waals surface area contributed by atoms with Gasteiger partial charge in [0.15, 0.2) is 0 Å². The summed E-state index contributed by atoms with van der Waals surface area (Å²) < 4.78 is 8.35. The lowest BCUT2D eigenvalue weighted by Gasteiger charge is -2.35. The lowest BCUT2D eigenvalue weighted by Crippen LogP contribution is -2.44. The Bertz CT molecular complexity index is 392. The van der Waals surface area contributed by atoms with Gasteiger partial charge in [0.05, 0.1) is 27.6 Å². The molecule has 0 aromatic carbocycles. The van der Waals surface area contributed by atoms with Crippen LogP contribution < -0.4 is 0 Å². The van der Waals surface area contributed by atoms with Gasteiger partial charge in [-0.25, -0.2) is 0 Å². The minimum atomic E-state index is -0.538. The highest BCUT2D eigenvalue weighted by Crippen LogP contribution is 2.29. The number of hydrogen-bond acceptors (Lipinski definition) is 3. The van der Waals surface area contributed by atoms with Gasteiger partial charge in [-0.3, -0.25) is 4.68 Å². The third kappa shape index (κ3) is 2.78. The molecule has 1 aromatic heterocycles. The summed E-state index contributed by atoms with van der Waals surface area (Å²) in [6.45, 7) is 6.03. The van der Waals surface area contributed by atoms with Crippen molar-refractivity contribution < 1.29 is 9.84 Å². The van der Waals surface area contributed by atoms with Crippen LogP contribution in [0, 0.1) is 6.92 Å². The number of aromatic nitrogens is 2. The summed E-state index contributed by atoms with van der Waals surface area (Å²) in [6, 6.07) is 0. The second-order valence-corrected chi connectivity index (χ2v) is 5.46. The maximum absolute atomic E-state index is 10.5. The first-order chi connectivity index (χ1) is 8.41. The van der Waals surface area contributed by atoms with E-state index < -0.39 is 11.7 Å². The number of nitrogens with zero attached hydrogens (tertiary/aromatic N) is 2. The van der Waals surface area contributed by atoms with Crippen LogP contribution in [-0.4, -0.2) is 33.7 Å². The number of aliphatic hydroxyl groups excluding tert-OH is 1. The summed E-state index contributed by atoms with van der Waals surface area (Å²) >= 11 is 3.53. The third-order valence-corrected chi connectivity index (χ3v) is 4.89. The lowest BCUT2D eigenvalue weighted by atomic mass is 9.87. The summed E-state index contributed by atoms with van der Waals surface area (Å²) in [4.78, 5) is 0. The molecular weight excluding hydrogens is 296 g/mol. The Hall–Kier alpha value is -0.390. The van der Waals surface area contributed by atoms with E-state index >= 15 is 0 Å².